The first kappa shape index (κ1) is 15.4. The zero-order chi connectivity index (χ0) is 16.6. The van der Waals surface area contributed by atoms with Crippen LogP contribution in [0, 0.1) is 15.9 Å². The Kier molecular flexibility index (Phi) is 4.01. The average Bonchev–Trinajstić information content (AvgIpc) is 2.92. The molecule has 0 N–H and O–H groups in total. The average molecular weight is 353 g/mol. The van der Waals surface area contributed by atoms with Crippen LogP contribution in [-0.2, 0) is 10.8 Å². The lowest BCUT2D eigenvalue weighted by molar-refractivity contribution is -0.385. The number of nitro groups is 1. The number of hydrogen-bond acceptors (Lipinski definition) is 7. The molecular formula is C13H8FN3O4S2. The van der Waals surface area contributed by atoms with E-state index in [2.05, 4.69) is 9.97 Å². The van der Waals surface area contributed by atoms with Gasteiger partial charge in [-0.25, -0.2) is 9.37 Å². The van der Waals surface area contributed by atoms with Gasteiger partial charge in [0.05, 0.1) is 42.4 Å². The molecule has 1 aromatic carbocycles. The van der Waals surface area contributed by atoms with Crippen molar-refractivity contribution in [1.29, 1.82) is 0 Å². The second-order valence-electron chi connectivity index (χ2n) is 4.40. The maximum atomic E-state index is 13.8. The molecule has 3 rings (SSSR count). The number of aromatic nitrogens is 2. The quantitative estimate of drug-likeness (QED) is 0.528. The highest BCUT2D eigenvalue weighted by molar-refractivity contribution is 7.86. The number of rotatable bonds is 4. The van der Waals surface area contributed by atoms with Crippen LogP contribution in [0.4, 0.5) is 10.1 Å². The summed E-state index contributed by atoms with van der Waals surface area (Å²) in [6.07, 6.45) is 3.05. The molecule has 0 spiro atoms. The van der Waals surface area contributed by atoms with Gasteiger partial charge >= 0.3 is 6.01 Å². The molecule has 1 atom stereocenters. The van der Waals surface area contributed by atoms with Crippen molar-refractivity contribution in [3.63, 3.8) is 0 Å². The lowest BCUT2D eigenvalue weighted by Gasteiger charge is -2.04. The smallest absolute Gasteiger partial charge is 0.322 e. The summed E-state index contributed by atoms with van der Waals surface area (Å²) < 4.78 is 31.9. The Morgan fingerprint density at radius 2 is 2.17 bits per heavy atom. The fourth-order valence-corrected chi connectivity index (χ4v) is 3.49. The lowest BCUT2D eigenvalue weighted by atomic mass is 10.3. The summed E-state index contributed by atoms with van der Waals surface area (Å²) in [4.78, 5) is 17.9. The van der Waals surface area contributed by atoms with Crippen LogP contribution in [0.15, 0.2) is 34.7 Å². The standard InChI is InChI=1S/C13H8FN3O4S2/c1-23(20)12-5-9-11(22-12)6-15-13(16-9)21-10-3-2-7(17(18)19)4-8(10)14/h2-6H,1H3. The minimum Gasteiger partial charge on any atom is -0.421 e. The minimum atomic E-state index is -1.13. The van der Waals surface area contributed by atoms with Crippen LogP contribution in [-0.4, -0.2) is 25.4 Å². The van der Waals surface area contributed by atoms with Crippen molar-refractivity contribution in [2.75, 3.05) is 6.26 Å². The van der Waals surface area contributed by atoms with Crippen molar-refractivity contribution in [2.24, 2.45) is 0 Å². The van der Waals surface area contributed by atoms with Crippen LogP contribution in [0.5, 0.6) is 11.8 Å². The van der Waals surface area contributed by atoms with E-state index in [9.17, 15) is 18.7 Å². The molecule has 0 aliphatic rings. The second kappa shape index (κ2) is 5.97. The molecular weight excluding hydrogens is 345 g/mol. The minimum absolute atomic E-state index is 0.100. The number of hydrogen-bond donors (Lipinski definition) is 0. The van der Waals surface area contributed by atoms with Gasteiger partial charge in [-0.2, -0.15) is 4.98 Å². The summed E-state index contributed by atoms with van der Waals surface area (Å²) >= 11 is 1.30. The Hall–Kier alpha value is -2.46. The Balaban J connectivity index is 1.92. The van der Waals surface area contributed by atoms with Crippen molar-refractivity contribution >= 4 is 38.0 Å². The van der Waals surface area contributed by atoms with Crippen molar-refractivity contribution in [3.05, 3.63) is 46.4 Å². The van der Waals surface area contributed by atoms with E-state index in [-0.39, 0.29) is 17.4 Å². The summed E-state index contributed by atoms with van der Waals surface area (Å²) in [6, 6.07) is 4.57. The van der Waals surface area contributed by atoms with E-state index in [1.807, 2.05) is 0 Å². The van der Waals surface area contributed by atoms with Crippen LogP contribution in [0.25, 0.3) is 10.2 Å². The molecule has 0 aliphatic heterocycles. The molecule has 7 nitrogen and oxygen atoms in total. The predicted octanol–water partition coefficient (Wildman–Crippen LogP) is 3.27. The van der Waals surface area contributed by atoms with E-state index >= 15 is 0 Å². The third kappa shape index (κ3) is 3.17. The predicted molar refractivity (Wildman–Crippen MR) is 82.9 cm³/mol. The number of thiophene rings is 1. The third-order valence-electron chi connectivity index (χ3n) is 2.84. The zero-order valence-corrected chi connectivity index (χ0v) is 13.2. The molecule has 0 fully saturated rings. The maximum Gasteiger partial charge on any atom is 0.322 e. The number of ether oxygens (including phenoxy) is 1. The molecule has 2 aromatic heterocycles. The summed E-state index contributed by atoms with van der Waals surface area (Å²) in [5.74, 6) is -1.10. The van der Waals surface area contributed by atoms with E-state index in [1.54, 1.807) is 12.3 Å². The highest BCUT2D eigenvalue weighted by Gasteiger charge is 2.14. The lowest BCUT2D eigenvalue weighted by Crippen LogP contribution is -1.95. The summed E-state index contributed by atoms with van der Waals surface area (Å²) in [5.41, 5.74) is 0.159. The van der Waals surface area contributed by atoms with Gasteiger partial charge in [0, 0.05) is 12.3 Å². The van der Waals surface area contributed by atoms with Crippen molar-refractivity contribution in [2.45, 2.75) is 4.21 Å². The summed E-state index contributed by atoms with van der Waals surface area (Å²) in [6.45, 7) is 0. The topological polar surface area (TPSA) is 95.2 Å². The molecule has 10 heteroatoms. The Morgan fingerprint density at radius 3 is 2.83 bits per heavy atom. The molecule has 118 valence electrons. The SMILES string of the molecule is CS(=O)c1cc2nc(Oc3ccc([N+](=O)[O-])cc3F)ncc2s1. The Bertz CT molecular complexity index is 944. The molecule has 2 heterocycles. The van der Waals surface area contributed by atoms with Gasteiger partial charge in [0.15, 0.2) is 11.6 Å². The molecule has 0 bridgehead atoms. The van der Waals surface area contributed by atoms with E-state index in [4.69, 9.17) is 4.74 Å². The molecule has 23 heavy (non-hydrogen) atoms. The molecule has 3 aromatic rings. The first-order valence-corrected chi connectivity index (χ1v) is 8.53. The van der Waals surface area contributed by atoms with E-state index in [1.165, 1.54) is 17.5 Å². The molecule has 0 radical (unpaired) electrons. The number of fused-ring (bicyclic) bond motifs is 1. The van der Waals surface area contributed by atoms with E-state index < -0.39 is 21.5 Å². The van der Waals surface area contributed by atoms with Gasteiger partial charge in [0.2, 0.25) is 0 Å². The first-order valence-electron chi connectivity index (χ1n) is 6.16. The Labute approximate surface area is 135 Å². The van der Waals surface area contributed by atoms with Crippen LogP contribution in [0.2, 0.25) is 0 Å². The molecule has 1 unspecified atom stereocenters. The highest BCUT2D eigenvalue weighted by atomic mass is 32.2. The molecule has 0 aliphatic carbocycles. The second-order valence-corrected chi connectivity index (χ2v) is 7.09. The number of halogens is 1. The van der Waals surface area contributed by atoms with Gasteiger partial charge < -0.3 is 4.74 Å². The van der Waals surface area contributed by atoms with E-state index in [0.717, 1.165) is 22.9 Å². The largest absolute Gasteiger partial charge is 0.421 e. The van der Waals surface area contributed by atoms with Gasteiger partial charge in [-0.15, -0.1) is 11.3 Å². The van der Waals surface area contributed by atoms with Gasteiger partial charge in [-0.3, -0.25) is 14.3 Å². The van der Waals surface area contributed by atoms with E-state index in [0.29, 0.717) is 9.73 Å². The first-order chi connectivity index (χ1) is 10.9. The summed E-state index contributed by atoms with van der Waals surface area (Å²) in [5, 5.41) is 10.6. The molecule has 0 amide bonds. The monoisotopic (exact) mass is 353 g/mol. The number of nitrogens with zero attached hydrogens (tertiary/aromatic N) is 3. The maximum absolute atomic E-state index is 13.8. The van der Waals surface area contributed by atoms with Crippen molar-refractivity contribution in [1.82, 2.24) is 9.97 Å². The van der Waals surface area contributed by atoms with Gasteiger partial charge in [-0.05, 0) is 12.1 Å². The van der Waals surface area contributed by atoms with Crippen LogP contribution in [0.3, 0.4) is 0 Å². The highest BCUT2D eigenvalue weighted by Crippen LogP contribution is 2.29. The Morgan fingerprint density at radius 1 is 1.39 bits per heavy atom. The van der Waals surface area contributed by atoms with Gasteiger partial charge in [0.1, 0.15) is 0 Å². The van der Waals surface area contributed by atoms with Crippen molar-refractivity contribution in [3.8, 4) is 11.8 Å². The van der Waals surface area contributed by atoms with Crippen LogP contribution < -0.4 is 4.74 Å². The van der Waals surface area contributed by atoms with Crippen LogP contribution in [0.1, 0.15) is 0 Å². The van der Waals surface area contributed by atoms with Gasteiger partial charge in [-0.1, -0.05) is 0 Å². The summed E-state index contributed by atoms with van der Waals surface area (Å²) in [7, 11) is -1.13. The molecule has 0 saturated carbocycles. The zero-order valence-electron chi connectivity index (χ0n) is 11.6. The number of non-ortho nitro benzene ring substituents is 1. The number of nitro benzene ring substituents is 1. The fraction of sp³-hybridized carbons (Fsp3) is 0.0769. The van der Waals surface area contributed by atoms with Crippen molar-refractivity contribution < 1.29 is 18.3 Å². The normalized spacial score (nSPS) is 12.3. The number of benzene rings is 1. The van der Waals surface area contributed by atoms with Gasteiger partial charge in [0.25, 0.3) is 5.69 Å². The molecule has 0 saturated heterocycles. The van der Waals surface area contributed by atoms with Crippen LogP contribution >= 0.6 is 11.3 Å². The third-order valence-corrected chi connectivity index (χ3v) is 5.33. The fourth-order valence-electron chi connectivity index (χ4n) is 1.77.